The highest BCUT2D eigenvalue weighted by Gasteiger charge is 2.36. The zero-order valence-electron chi connectivity index (χ0n) is 10.9. The average Bonchev–Trinajstić information content (AvgIpc) is 2.72. The summed E-state index contributed by atoms with van der Waals surface area (Å²) in [7, 11) is -3.86. The predicted octanol–water partition coefficient (Wildman–Crippen LogP) is 0.979. The molecule has 19 heavy (non-hydrogen) atoms. The van der Waals surface area contributed by atoms with E-state index in [9.17, 15) is 13.2 Å². The smallest absolute Gasteiger partial charge is 0.340 e. The van der Waals surface area contributed by atoms with E-state index in [4.69, 9.17) is 5.11 Å². The predicted molar refractivity (Wildman–Crippen MR) is 67.5 cm³/mol. The van der Waals surface area contributed by atoms with Crippen molar-refractivity contribution in [3.05, 3.63) is 11.3 Å². The Morgan fingerprint density at radius 2 is 2.16 bits per heavy atom. The van der Waals surface area contributed by atoms with Crippen molar-refractivity contribution in [3.63, 3.8) is 0 Å². The molecule has 0 saturated carbocycles. The maximum absolute atomic E-state index is 12.5. The van der Waals surface area contributed by atoms with Crippen LogP contribution in [0.3, 0.4) is 0 Å². The van der Waals surface area contributed by atoms with Crippen molar-refractivity contribution in [1.29, 1.82) is 0 Å². The highest BCUT2D eigenvalue weighted by molar-refractivity contribution is 7.89. The van der Waals surface area contributed by atoms with Crippen LogP contribution in [-0.2, 0) is 10.0 Å². The summed E-state index contributed by atoms with van der Waals surface area (Å²) in [6.07, 6.45) is 2.55. The Labute approximate surface area is 111 Å². The van der Waals surface area contributed by atoms with Gasteiger partial charge in [-0.2, -0.15) is 9.40 Å². The molecule has 1 aliphatic heterocycles. The van der Waals surface area contributed by atoms with E-state index in [0.29, 0.717) is 6.54 Å². The number of carboxylic acids is 1. The Kier molecular flexibility index (Phi) is 3.64. The van der Waals surface area contributed by atoms with Gasteiger partial charge in [0, 0.05) is 18.3 Å². The molecule has 0 amide bonds. The van der Waals surface area contributed by atoms with Crippen molar-refractivity contribution in [1.82, 2.24) is 14.5 Å². The van der Waals surface area contributed by atoms with Gasteiger partial charge < -0.3 is 5.11 Å². The third-order valence-corrected chi connectivity index (χ3v) is 5.37. The Bertz CT molecular complexity index is 593. The van der Waals surface area contributed by atoms with Gasteiger partial charge in [0.2, 0.25) is 5.03 Å². The molecule has 1 unspecified atom stereocenters. The molecule has 2 rings (SSSR count). The summed E-state index contributed by atoms with van der Waals surface area (Å²) >= 11 is 0. The minimum Gasteiger partial charge on any atom is -0.478 e. The number of nitrogens with zero attached hydrogens (tertiary/aromatic N) is 2. The van der Waals surface area contributed by atoms with Gasteiger partial charge in [-0.1, -0.05) is 6.42 Å². The molecule has 1 saturated heterocycles. The number of carbonyl (C=O) groups is 1. The first-order chi connectivity index (χ1) is 8.85. The van der Waals surface area contributed by atoms with Crippen molar-refractivity contribution in [2.75, 3.05) is 6.54 Å². The van der Waals surface area contributed by atoms with Crippen LogP contribution in [0.25, 0.3) is 0 Å². The van der Waals surface area contributed by atoms with Crippen LogP contribution in [0, 0.1) is 6.92 Å². The molecule has 0 spiro atoms. The number of nitrogens with one attached hydrogen (secondary N) is 1. The summed E-state index contributed by atoms with van der Waals surface area (Å²) < 4.78 is 26.4. The van der Waals surface area contributed by atoms with Crippen LogP contribution in [0.15, 0.2) is 5.03 Å². The normalized spacial score (nSPS) is 21.5. The molecule has 2 heterocycles. The first-order valence-electron chi connectivity index (χ1n) is 6.16. The zero-order chi connectivity index (χ0) is 14.2. The minimum atomic E-state index is -3.86. The van der Waals surface area contributed by atoms with Gasteiger partial charge in [0.05, 0.1) is 0 Å². The second-order valence-corrected chi connectivity index (χ2v) is 6.60. The zero-order valence-corrected chi connectivity index (χ0v) is 11.7. The van der Waals surface area contributed by atoms with E-state index in [1.165, 1.54) is 11.2 Å². The van der Waals surface area contributed by atoms with Crippen molar-refractivity contribution in [2.45, 2.75) is 44.2 Å². The number of hydrogen-bond acceptors (Lipinski definition) is 4. The van der Waals surface area contributed by atoms with E-state index in [1.807, 2.05) is 6.92 Å². The van der Waals surface area contributed by atoms with Gasteiger partial charge in [-0.05, 0) is 26.7 Å². The monoisotopic (exact) mass is 287 g/mol. The van der Waals surface area contributed by atoms with E-state index in [-0.39, 0.29) is 22.3 Å². The van der Waals surface area contributed by atoms with Crippen molar-refractivity contribution in [3.8, 4) is 0 Å². The van der Waals surface area contributed by atoms with Crippen LogP contribution in [0.2, 0.25) is 0 Å². The summed E-state index contributed by atoms with van der Waals surface area (Å²) in [5.74, 6) is -1.28. The molecule has 1 aliphatic rings. The number of hydrogen-bond donors (Lipinski definition) is 2. The van der Waals surface area contributed by atoms with Gasteiger partial charge in [-0.25, -0.2) is 13.2 Å². The number of H-pyrrole nitrogens is 1. The molecule has 0 bridgehead atoms. The fraction of sp³-hybridized carbons (Fsp3) is 0.636. The summed E-state index contributed by atoms with van der Waals surface area (Å²) in [4.78, 5) is 11.2. The molecule has 1 aromatic rings. The van der Waals surface area contributed by atoms with Crippen LogP contribution in [0.4, 0.5) is 0 Å². The third kappa shape index (κ3) is 2.37. The number of aromatic carboxylic acids is 1. The molecule has 8 heteroatoms. The van der Waals surface area contributed by atoms with E-state index < -0.39 is 16.0 Å². The largest absolute Gasteiger partial charge is 0.478 e. The summed E-state index contributed by atoms with van der Waals surface area (Å²) in [6, 6.07) is -0.127. The Hall–Kier alpha value is -1.41. The van der Waals surface area contributed by atoms with Crippen molar-refractivity contribution >= 4 is 16.0 Å². The number of rotatable bonds is 3. The average molecular weight is 287 g/mol. The topological polar surface area (TPSA) is 103 Å². The molecule has 0 aliphatic carbocycles. The van der Waals surface area contributed by atoms with E-state index >= 15 is 0 Å². The molecule has 1 atom stereocenters. The van der Waals surface area contributed by atoms with Crippen LogP contribution in [-0.4, -0.2) is 46.6 Å². The summed E-state index contributed by atoms with van der Waals surface area (Å²) in [6.45, 7) is 3.74. The quantitative estimate of drug-likeness (QED) is 0.862. The number of aryl methyl sites for hydroxylation is 1. The lowest BCUT2D eigenvalue weighted by Crippen LogP contribution is -2.42. The second-order valence-electron chi connectivity index (χ2n) is 4.79. The van der Waals surface area contributed by atoms with E-state index in [1.54, 1.807) is 0 Å². The standard InChI is InChI=1S/C11H17N3O4S/c1-7-5-3-4-6-14(7)19(17,18)10-9(11(15)16)8(2)12-13-10/h7H,3-6H2,1-2H3,(H,12,13)(H,15,16). The molecule has 7 nitrogen and oxygen atoms in total. The number of carboxylic acid groups (broad SMARTS) is 1. The number of sulfonamides is 1. The highest BCUT2D eigenvalue weighted by atomic mass is 32.2. The van der Waals surface area contributed by atoms with Gasteiger partial charge in [-0.3, -0.25) is 5.10 Å². The molecule has 0 radical (unpaired) electrons. The number of piperidine rings is 1. The number of aromatic amines is 1. The second kappa shape index (κ2) is 4.93. The van der Waals surface area contributed by atoms with Crippen LogP contribution >= 0.6 is 0 Å². The minimum absolute atomic E-state index is 0.127. The van der Waals surface area contributed by atoms with Crippen LogP contribution < -0.4 is 0 Å². The first kappa shape index (κ1) is 14.0. The maximum atomic E-state index is 12.5. The van der Waals surface area contributed by atoms with Crippen molar-refractivity contribution in [2.24, 2.45) is 0 Å². The summed E-state index contributed by atoms with van der Waals surface area (Å²) in [5, 5.41) is 14.9. The fourth-order valence-electron chi connectivity index (χ4n) is 2.39. The van der Waals surface area contributed by atoms with Gasteiger partial charge in [0.1, 0.15) is 5.56 Å². The van der Waals surface area contributed by atoms with Crippen LogP contribution in [0.1, 0.15) is 42.2 Å². The molecule has 1 aromatic heterocycles. The molecular formula is C11H17N3O4S. The van der Waals surface area contributed by atoms with Gasteiger partial charge >= 0.3 is 5.97 Å². The van der Waals surface area contributed by atoms with Gasteiger partial charge in [-0.15, -0.1) is 0 Å². The Morgan fingerprint density at radius 1 is 1.47 bits per heavy atom. The van der Waals surface area contributed by atoms with Gasteiger partial charge in [0.15, 0.2) is 0 Å². The van der Waals surface area contributed by atoms with Crippen molar-refractivity contribution < 1.29 is 18.3 Å². The molecule has 106 valence electrons. The maximum Gasteiger partial charge on any atom is 0.340 e. The lowest BCUT2D eigenvalue weighted by molar-refractivity contribution is 0.0691. The fourth-order valence-corrected chi connectivity index (χ4v) is 4.22. The molecular weight excluding hydrogens is 270 g/mol. The SMILES string of the molecule is Cc1[nH]nc(S(=O)(=O)N2CCCCC2C)c1C(=O)O. The third-order valence-electron chi connectivity index (χ3n) is 3.42. The van der Waals surface area contributed by atoms with Crippen LogP contribution in [0.5, 0.6) is 0 Å². The van der Waals surface area contributed by atoms with Gasteiger partial charge in [0.25, 0.3) is 10.0 Å². The summed E-state index contributed by atoms with van der Waals surface area (Å²) in [5.41, 5.74) is -0.0199. The van der Waals surface area contributed by atoms with E-state index in [2.05, 4.69) is 10.2 Å². The highest BCUT2D eigenvalue weighted by Crippen LogP contribution is 2.26. The van der Waals surface area contributed by atoms with E-state index in [0.717, 1.165) is 19.3 Å². The molecule has 0 aromatic carbocycles. The molecule has 2 N–H and O–H groups in total. The Balaban J connectivity index is 2.48. The number of aromatic nitrogens is 2. The first-order valence-corrected chi connectivity index (χ1v) is 7.60. The lowest BCUT2D eigenvalue weighted by Gasteiger charge is -2.31. The molecule has 1 fully saturated rings. The lowest BCUT2D eigenvalue weighted by atomic mass is 10.1. The Morgan fingerprint density at radius 3 is 2.74 bits per heavy atom.